The Hall–Kier alpha value is -0.870. The number of aryl methyl sites for hydroxylation is 1. The van der Waals surface area contributed by atoms with Gasteiger partial charge in [0.05, 0.1) is 25.4 Å². The average molecular weight is 438 g/mol. The fraction of sp³-hybridized carbons (Fsp3) is 0.733. The molecule has 134 valence electrons. The number of aromatic nitrogens is 2. The van der Waals surface area contributed by atoms with Crippen LogP contribution in [0, 0.1) is 0 Å². The monoisotopic (exact) mass is 438 g/mol. The molecule has 0 spiro atoms. The van der Waals surface area contributed by atoms with Crippen molar-refractivity contribution in [1.29, 1.82) is 0 Å². The van der Waals surface area contributed by atoms with Gasteiger partial charge in [-0.1, -0.05) is 0 Å². The maximum absolute atomic E-state index is 5.33. The minimum atomic E-state index is 0. The molecule has 1 unspecified atom stereocenters. The van der Waals surface area contributed by atoms with E-state index in [1.54, 1.807) is 0 Å². The zero-order valence-corrected chi connectivity index (χ0v) is 17.2. The number of hydrogen-bond donors (Lipinski definition) is 2. The molecule has 0 aromatic carbocycles. The van der Waals surface area contributed by atoms with Crippen LogP contribution in [0.5, 0.6) is 0 Å². The third kappa shape index (κ3) is 8.52. The predicted octanol–water partition coefficient (Wildman–Crippen LogP) is 1.23. The highest BCUT2D eigenvalue weighted by Crippen LogP contribution is 2.17. The molecular weight excluding hydrogens is 407 g/mol. The molecular formula is C15H31IN6O. The first-order valence-electron chi connectivity index (χ1n) is 7.83. The minimum Gasteiger partial charge on any atom is -0.380 e. The van der Waals surface area contributed by atoms with E-state index in [1.165, 1.54) is 5.56 Å². The van der Waals surface area contributed by atoms with Crippen LogP contribution in [0.15, 0.2) is 17.4 Å². The van der Waals surface area contributed by atoms with Crippen molar-refractivity contribution in [3.8, 4) is 0 Å². The van der Waals surface area contributed by atoms with E-state index in [2.05, 4.69) is 46.6 Å². The number of likely N-dealkylation sites (N-methyl/N-ethyl adjacent to an activating group) is 1. The van der Waals surface area contributed by atoms with E-state index in [9.17, 15) is 0 Å². The molecule has 0 saturated carbocycles. The highest BCUT2D eigenvalue weighted by atomic mass is 127. The van der Waals surface area contributed by atoms with Gasteiger partial charge in [-0.3, -0.25) is 9.67 Å². The lowest BCUT2D eigenvalue weighted by Gasteiger charge is -2.22. The lowest BCUT2D eigenvalue weighted by molar-refractivity contribution is 0.152. The second kappa shape index (κ2) is 12.5. The minimum absolute atomic E-state index is 0. The summed E-state index contributed by atoms with van der Waals surface area (Å²) in [5.41, 5.74) is 1.17. The third-order valence-corrected chi connectivity index (χ3v) is 3.24. The quantitative estimate of drug-likeness (QED) is 0.263. The first-order chi connectivity index (χ1) is 10.6. The summed E-state index contributed by atoms with van der Waals surface area (Å²) >= 11 is 0. The Labute approximate surface area is 156 Å². The van der Waals surface area contributed by atoms with Crippen molar-refractivity contribution in [2.24, 2.45) is 12.0 Å². The fourth-order valence-corrected chi connectivity index (χ4v) is 2.08. The van der Waals surface area contributed by atoms with Crippen LogP contribution < -0.4 is 10.6 Å². The molecule has 1 rings (SSSR count). The second-order valence-electron chi connectivity index (χ2n) is 5.27. The molecule has 8 heteroatoms. The van der Waals surface area contributed by atoms with Crippen LogP contribution in [0.4, 0.5) is 0 Å². The van der Waals surface area contributed by atoms with E-state index in [4.69, 9.17) is 4.74 Å². The Morgan fingerprint density at radius 3 is 2.65 bits per heavy atom. The van der Waals surface area contributed by atoms with Gasteiger partial charge < -0.3 is 20.3 Å². The van der Waals surface area contributed by atoms with Crippen molar-refractivity contribution in [1.82, 2.24) is 25.3 Å². The number of rotatable bonds is 9. The predicted molar refractivity (Wildman–Crippen MR) is 106 cm³/mol. The van der Waals surface area contributed by atoms with Crippen LogP contribution in [0.2, 0.25) is 0 Å². The van der Waals surface area contributed by atoms with E-state index in [-0.39, 0.29) is 30.0 Å². The van der Waals surface area contributed by atoms with Crippen molar-refractivity contribution < 1.29 is 4.74 Å². The number of nitrogens with one attached hydrogen (secondary N) is 2. The van der Waals surface area contributed by atoms with Crippen molar-refractivity contribution in [3.63, 3.8) is 0 Å². The van der Waals surface area contributed by atoms with E-state index < -0.39 is 0 Å². The highest BCUT2D eigenvalue weighted by Gasteiger charge is 2.15. The average Bonchev–Trinajstić information content (AvgIpc) is 2.89. The number of guanidine groups is 1. The fourth-order valence-electron chi connectivity index (χ4n) is 2.08. The molecule has 7 nitrogen and oxygen atoms in total. The van der Waals surface area contributed by atoms with Gasteiger partial charge in [0.2, 0.25) is 0 Å². The maximum atomic E-state index is 5.33. The van der Waals surface area contributed by atoms with E-state index in [0.29, 0.717) is 13.2 Å². The lowest BCUT2D eigenvalue weighted by Crippen LogP contribution is -2.39. The molecule has 0 saturated heterocycles. The Kier molecular flexibility index (Phi) is 12.1. The maximum Gasteiger partial charge on any atom is 0.191 e. The molecule has 0 aliphatic heterocycles. The van der Waals surface area contributed by atoms with Crippen LogP contribution in [0.1, 0.15) is 25.5 Å². The van der Waals surface area contributed by atoms with Gasteiger partial charge in [0.1, 0.15) is 0 Å². The molecule has 0 bridgehead atoms. The van der Waals surface area contributed by atoms with Crippen LogP contribution in [-0.2, 0) is 11.8 Å². The van der Waals surface area contributed by atoms with Gasteiger partial charge in [-0.15, -0.1) is 24.0 Å². The zero-order chi connectivity index (χ0) is 16.4. The summed E-state index contributed by atoms with van der Waals surface area (Å²) in [7, 11) is 6.05. The van der Waals surface area contributed by atoms with Crippen molar-refractivity contribution in [3.05, 3.63) is 18.0 Å². The molecule has 1 heterocycles. The SMILES string of the molecule is CCNC(=NCC(c1cnn(C)c1)N(C)C)NCCOCC.I. The summed E-state index contributed by atoms with van der Waals surface area (Å²) in [6.45, 7) is 7.72. The molecule has 0 fully saturated rings. The van der Waals surface area contributed by atoms with Crippen molar-refractivity contribution in [2.75, 3.05) is 46.9 Å². The van der Waals surface area contributed by atoms with Gasteiger partial charge in [0, 0.05) is 38.5 Å². The third-order valence-electron chi connectivity index (χ3n) is 3.24. The summed E-state index contributed by atoms with van der Waals surface area (Å²) < 4.78 is 7.15. The molecule has 0 aliphatic carbocycles. The van der Waals surface area contributed by atoms with Crippen LogP contribution in [0.25, 0.3) is 0 Å². The first kappa shape index (κ1) is 22.1. The van der Waals surface area contributed by atoms with Crippen LogP contribution in [-0.4, -0.2) is 67.6 Å². The number of nitrogens with zero attached hydrogens (tertiary/aromatic N) is 4. The van der Waals surface area contributed by atoms with Gasteiger partial charge >= 0.3 is 0 Å². The largest absolute Gasteiger partial charge is 0.380 e. The summed E-state index contributed by atoms with van der Waals surface area (Å²) in [5, 5.41) is 10.8. The Morgan fingerprint density at radius 2 is 2.13 bits per heavy atom. The van der Waals surface area contributed by atoms with Gasteiger partial charge in [0.15, 0.2) is 5.96 Å². The summed E-state index contributed by atoms with van der Waals surface area (Å²) in [4.78, 5) is 6.84. The molecule has 1 aromatic rings. The number of ether oxygens (including phenoxy) is 1. The Morgan fingerprint density at radius 1 is 1.39 bits per heavy atom. The summed E-state index contributed by atoms with van der Waals surface area (Å²) in [6.07, 6.45) is 3.94. The van der Waals surface area contributed by atoms with Crippen molar-refractivity contribution in [2.45, 2.75) is 19.9 Å². The molecule has 0 radical (unpaired) electrons. The second-order valence-corrected chi connectivity index (χ2v) is 5.27. The van der Waals surface area contributed by atoms with Gasteiger partial charge in [-0.25, -0.2) is 0 Å². The number of aliphatic imine (C=N–C) groups is 1. The molecule has 1 aromatic heterocycles. The summed E-state index contributed by atoms with van der Waals surface area (Å²) in [6, 6.07) is 0.205. The van der Waals surface area contributed by atoms with Gasteiger partial charge in [0.25, 0.3) is 0 Å². The zero-order valence-electron chi connectivity index (χ0n) is 14.9. The molecule has 1 atom stereocenters. The number of hydrogen-bond acceptors (Lipinski definition) is 4. The molecule has 2 N–H and O–H groups in total. The van der Waals surface area contributed by atoms with E-state index in [0.717, 1.165) is 25.7 Å². The smallest absolute Gasteiger partial charge is 0.191 e. The lowest BCUT2D eigenvalue weighted by atomic mass is 10.1. The molecule has 0 amide bonds. The highest BCUT2D eigenvalue weighted by molar-refractivity contribution is 14.0. The normalized spacial score (nSPS) is 12.9. The van der Waals surface area contributed by atoms with Crippen LogP contribution >= 0.6 is 24.0 Å². The van der Waals surface area contributed by atoms with E-state index >= 15 is 0 Å². The number of halogens is 1. The van der Waals surface area contributed by atoms with Crippen LogP contribution in [0.3, 0.4) is 0 Å². The van der Waals surface area contributed by atoms with Gasteiger partial charge in [-0.05, 0) is 27.9 Å². The van der Waals surface area contributed by atoms with E-state index in [1.807, 2.05) is 31.0 Å². The Bertz CT molecular complexity index is 449. The molecule has 0 aliphatic rings. The summed E-state index contributed by atoms with van der Waals surface area (Å²) in [5.74, 6) is 0.818. The van der Waals surface area contributed by atoms with Gasteiger partial charge in [-0.2, -0.15) is 5.10 Å². The Balaban J connectivity index is 0.00000484. The molecule has 23 heavy (non-hydrogen) atoms. The van der Waals surface area contributed by atoms with Crippen molar-refractivity contribution >= 4 is 29.9 Å². The first-order valence-corrected chi connectivity index (χ1v) is 7.83. The topological polar surface area (TPSA) is 66.7 Å². The standard InChI is InChI=1S/C15H30N6O.HI/c1-6-16-15(17-8-9-22-7-2)18-11-14(20(3)4)13-10-19-21(5)12-13;/h10,12,14H,6-9,11H2,1-5H3,(H2,16,17,18);1H.